The van der Waals surface area contributed by atoms with Gasteiger partial charge in [0.25, 0.3) is 0 Å². The van der Waals surface area contributed by atoms with Crippen molar-refractivity contribution in [2.45, 2.75) is 31.6 Å². The van der Waals surface area contributed by atoms with Crippen molar-refractivity contribution in [3.8, 4) is 5.75 Å². The molecule has 0 saturated heterocycles. The van der Waals surface area contributed by atoms with Crippen LogP contribution in [-0.4, -0.2) is 14.2 Å². The molecule has 0 bridgehead atoms. The molecule has 0 amide bonds. The molecule has 3 aromatic rings. The van der Waals surface area contributed by atoms with Crippen LogP contribution >= 0.6 is 0 Å². The smallest absolute Gasteiger partial charge is 0.339 e. The summed E-state index contributed by atoms with van der Waals surface area (Å²) in [6.45, 7) is 3.40. The minimum Gasteiger partial charge on any atom is -0.423 e. The van der Waals surface area contributed by atoms with E-state index in [0.29, 0.717) is 12.0 Å². The minimum atomic E-state index is -4.09. The van der Waals surface area contributed by atoms with Crippen LogP contribution in [0.2, 0.25) is 0 Å². The molecule has 0 aliphatic heterocycles. The highest BCUT2D eigenvalue weighted by molar-refractivity contribution is 7.87. The second kappa shape index (κ2) is 7.36. The van der Waals surface area contributed by atoms with E-state index in [0.717, 1.165) is 17.4 Å². The fraction of sp³-hybridized carbons (Fsp3) is 0.200. The van der Waals surface area contributed by atoms with E-state index in [4.69, 9.17) is 8.60 Å². The molecule has 0 radical (unpaired) electrons. The predicted molar refractivity (Wildman–Crippen MR) is 101 cm³/mol. The van der Waals surface area contributed by atoms with Crippen LogP contribution in [0.5, 0.6) is 5.75 Å². The second-order valence-corrected chi connectivity index (χ2v) is 7.66. The number of fused-ring (bicyclic) bond motifs is 1. The Kier molecular flexibility index (Phi) is 5.14. The maximum absolute atomic E-state index is 12.5. The maximum atomic E-state index is 12.5. The van der Waals surface area contributed by atoms with E-state index < -0.39 is 15.7 Å². The second-order valence-electron chi connectivity index (χ2n) is 6.12. The number of hydrogen-bond acceptors (Lipinski definition) is 6. The molecule has 0 N–H and O–H groups in total. The number of benzene rings is 2. The van der Waals surface area contributed by atoms with E-state index in [2.05, 4.69) is 0 Å². The summed E-state index contributed by atoms with van der Waals surface area (Å²) in [7, 11) is -4.09. The minimum absolute atomic E-state index is 0.0370. The van der Waals surface area contributed by atoms with Gasteiger partial charge in [0.15, 0.2) is 5.78 Å². The van der Waals surface area contributed by atoms with Crippen molar-refractivity contribution in [2.75, 3.05) is 0 Å². The molecule has 6 nitrogen and oxygen atoms in total. The van der Waals surface area contributed by atoms with Crippen molar-refractivity contribution in [2.24, 2.45) is 0 Å². The highest BCUT2D eigenvalue weighted by atomic mass is 32.2. The molecule has 0 atom stereocenters. The number of aryl methyl sites for hydroxylation is 1. The Morgan fingerprint density at radius 2 is 1.78 bits per heavy atom. The Hall–Kier alpha value is -2.93. The Bertz CT molecular complexity index is 1160. The van der Waals surface area contributed by atoms with Crippen LogP contribution in [0.1, 0.15) is 36.2 Å². The maximum Gasteiger partial charge on any atom is 0.339 e. The zero-order valence-corrected chi connectivity index (χ0v) is 15.7. The molecule has 0 unspecified atom stereocenters. The molecule has 3 rings (SSSR count). The molecule has 1 heterocycles. The lowest BCUT2D eigenvalue weighted by molar-refractivity contribution is 0.101. The predicted octanol–water partition coefficient (Wildman–Crippen LogP) is 3.72. The largest absolute Gasteiger partial charge is 0.423 e. The van der Waals surface area contributed by atoms with E-state index in [1.165, 1.54) is 49.4 Å². The van der Waals surface area contributed by atoms with Crippen LogP contribution in [0.15, 0.2) is 62.6 Å². The van der Waals surface area contributed by atoms with E-state index in [-0.39, 0.29) is 22.0 Å². The van der Waals surface area contributed by atoms with Gasteiger partial charge in [-0.25, -0.2) is 4.79 Å². The van der Waals surface area contributed by atoms with Gasteiger partial charge in [-0.2, -0.15) is 8.42 Å². The topological polar surface area (TPSA) is 90.7 Å². The molecule has 1 aromatic heterocycles. The van der Waals surface area contributed by atoms with Gasteiger partial charge >= 0.3 is 15.7 Å². The summed E-state index contributed by atoms with van der Waals surface area (Å²) in [6, 6.07) is 11.5. The number of hydrogen-bond donors (Lipinski definition) is 0. The third kappa shape index (κ3) is 4.09. The number of Topliss-reactive ketones (excluding diaryl/α,β-unsaturated/α-hetero) is 1. The SMILES string of the molecule is CCCc1cc(=O)oc2cc(OS(=O)(=O)c3ccc(C(C)=O)cc3)ccc12. The van der Waals surface area contributed by atoms with Crippen LogP contribution < -0.4 is 9.81 Å². The summed E-state index contributed by atoms with van der Waals surface area (Å²) in [5, 5.41) is 0.743. The first-order chi connectivity index (χ1) is 12.8. The third-order valence-electron chi connectivity index (χ3n) is 4.08. The van der Waals surface area contributed by atoms with Crippen molar-refractivity contribution in [3.63, 3.8) is 0 Å². The van der Waals surface area contributed by atoms with Crippen molar-refractivity contribution < 1.29 is 21.8 Å². The molecule has 0 spiro atoms. The molecule has 0 saturated carbocycles. The van der Waals surface area contributed by atoms with Crippen LogP contribution in [0.25, 0.3) is 11.0 Å². The van der Waals surface area contributed by atoms with E-state index >= 15 is 0 Å². The monoisotopic (exact) mass is 386 g/mol. The van der Waals surface area contributed by atoms with E-state index in [1.807, 2.05) is 6.92 Å². The van der Waals surface area contributed by atoms with Crippen molar-refractivity contribution in [1.82, 2.24) is 0 Å². The fourth-order valence-corrected chi connectivity index (χ4v) is 3.69. The van der Waals surface area contributed by atoms with E-state index in [1.54, 1.807) is 6.07 Å². The van der Waals surface area contributed by atoms with Crippen LogP contribution in [-0.2, 0) is 16.5 Å². The molecule has 27 heavy (non-hydrogen) atoms. The highest BCUT2D eigenvalue weighted by Crippen LogP contribution is 2.26. The van der Waals surface area contributed by atoms with Gasteiger partial charge in [-0.1, -0.05) is 25.5 Å². The van der Waals surface area contributed by atoms with E-state index in [9.17, 15) is 18.0 Å². The summed E-state index contributed by atoms with van der Waals surface area (Å²) in [5.74, 6) is -0.123. The van der Waals surface area contributed by atoms with Gasteiger partial charge in [-0.05, 0) is 43.2 Å². The zero-order chi connectivity index (χ0) is 19.6. The van der Waals surface area contributed by atoms with Gasteiger partial charge in [-0.15, -0.1) is 0 Å². The lowest BCUT2D eigenvalue weighted by atomic mass is 10.1. The number of carbonyl (C=O) groups is 1. The summed E-state index contributed by atoms with van der Waals surface area (Å²) < 4.78 is 35.3. The van der Waals surface area contributed by atoms with Crippen LogP contribution in [0.4, 0.5) is 0 Å². The number of ketones is 1. The van der Waals surface area contributed by atoms with Gasteiger partial charge in [0.05, 0.1) is 0 Å². The molecule has 0 aliphatic rings. The third-order valence-corrected chi connectivity index (χ3v) is 5.34. The van der Waals surface area contributed by atoms with Gasteiger partial charge in [0.1, 0.15) is 16.2 Å². The molecular formula is C20H18O6S. The van der Waals surface area contributed by atoms with Crippen molar-refractivity contribution in [3.05, 3.63) is 70.1 Å². The van der Waals surface area contributed by atoms with Gasteiger partial charge < -0.3 is 8.60 Å². The summed E-state index contributed by atoms with van der Waals surface area (Å²) in [4.78, 5) is 23.0. The summed E-state index contributed by atoms with van der Waals surface area (Å²) >= 11 is 0. The number of carbonyl (C=O) groups excluding carboxylic acids is 1. The average molecular weight is 386 g/mol. The highest BCUT2D eigenvalue weighted by Gasteiger charge is 2.18. The Morgan fingerprint density at radius 1 is 1.07 bits per heavy atom. The van der Waals surface area contributed by atoms with Crippen LogP contribution in [0.3, 0.4) is 0 Å². The first kappa shape index (κ1) is 18.8. The lowest BCUT2D eigenvalue weighted by Crippen LogP contribution is -2.10. The summed E-state index contributed by atoms with van der Waals surface area (Å²) in [5.41, 5.74) is 1.03. The van der Waals surface area contributed by atoms with Crippen molar-refractivity contribution >= 4 is 26.9 Å². The van der Waals surface area contributed by atoms with Gasteiger partial charge in [0, 0.05) is 23.1 Å². The standard InChI is InChI=1S/C20H18O6S/c1-3-4-15-11-20(22)25-19-12-16(7-10-18(15)19)26-27(23,24)17-8-5-14(6-9-17)13(2)21/h5-12H,3-4H2,1-2H3. The van der Waals surface area contributed by atoms with Crippen LogP contribution in [0, 0.1) is 0 Å². The van der Waals surface area contributed by atoms with Crippen molar-refractivity contribution in [1.29, 1.82) is 0 Å². The fourth-order valence-electron chi connectivity index (χ4n) is 2.77. The molecule has 0 aliphatic carbocycles. The zero-order valence-electron chi connectivity index (χ0n) is 14.9. The molecule has 140 valence electrons. The molecular weight excluding hydrogens is 368 g/mol. The Morgan fingerprint density at radius 3 is 2.41 bits per heavy atom. The summed E-state index contributed by atoms with van der Waals surface area (Å²) in [6.07, 6.45) is 1.57. The number of rotatable bonds is 6. The lowest BCUT2D eigenvalue weighted by Gasteiger charge is -2.09. The quantitative estimate of drug-likeness (QED) is 0.364. The Balaban J connectivity index is 1.95. The molecule has 2 aromatic carbocycles. The Labute approximate surface area is 156 Å². The first-order valence-corrected chi connectivity index (χ1v) is 9.83. The average Bonchev–Trinajstić information content (AvgIpc) is 2.61. The van der Waals surface area contributed by atoms with Gasteiger partial charge in [-0.3, -0.25) is 4.79 Å². The first-order valence-electron chi connectivity index (χ1n) is 8.42. The normalized spacial score (nSPS) is 11.5. The van der Waals surface area contributed by atoms with Gasteiger partial charge in [0.2, 0.25) is 0 Å². The molecule has 0 fully saturated rings. The molecule has 7 heteroatoms.